The van der Waals surface area contributed by atoms with Crippen molar-refractivity contribution in [2.75, 3.05) is 5.73 Å². The van der Waals surface area contributed by atoms with Crippen LogP contribution in [-0.4, -0.2) is 5.91 Å². The highest BCUT2D eigenvalue weighted by Gasteiger charge is 2.11. The maximum atomic E-state index is 11.8. The van der Waals surface area contributed by atoms with Gasteiger partial charge in [-0.3, -0.25) is 4.79 Å². The Morgan fingerprint density at radius 2 is 2.21 bits per heavy atom. The number of rotatable bonds is 5. The Morgan fingerprint density at radius 3 is 2.89 bits per heavy atom. The van der Waals surface area contributed by atoms with Gasteiger partial charge in [0.1, 0.15) is 5.76 Å². The molecule has 0 bridgehead atoms. The topological polar surface area (TPSA) is 68.3 Å². The molecule has 2 aromatic rings. The lowest BCUT2D eigenvalue weighted by Gasteiger charge is -2.11. The number of carbonyl (C=O) groups is 1. The van der Waals surface area contributed by atoms with E-state index < -0.39 is 0 Å². The molecule has 3 N–H and O–H groups in total. The van der Waals surface area contributed by atoms with Crippen LogP contribution in [0.3, 0.4) is 0 Å². The van der Waals surface area contributed by atoms with E-state index in [4.69, 9.17) is 10.2 Å². The zero-order valence-corrected chi connectivity index (χ0v) is 10.9. The third-order valence-electron chi connectivity index (χ3n) is 2.94. The lowest BCUT2D eigenvalue weighted by molar-refractivity contribution is -0.121. The summed E-state index contributed by atoms with van der Waals surface area (Å²) in [5, 5.41) is 2.90. The number of nitrogen functional groups attached to an aromatic ring is 1. The summed E-state index contributed by atoms with van der Waals surface area (Å²) < 4.78 is 5.24. The summed E-state index contributed by atoms with van der Waals surface area (Å²) in [5.74, 6) is 0.767. The van der Waals surface area contributed by atoms with Crippen LogP contribution in [0.25, 0.3) is 0 Å². The molecular formula is C15H18N2O2. The Morgan fingerprint density at radius 1 is 1.37 bits per heavy atom. The van der Waals surface area contributed by atoms with E-state index in [1.54, 1.807) is 6.26 Å². The minimum atomic E-state index is -0.108. The summed E-state index contributed by atoms with van der Waals surface area (Å²) >= 11 is 0. The smallest absolute Gasteiger partial charge is 0.220 e. The number of amides is 1. The summed E-state index contributed by atoms with van der Waals surface area (Å²) in [5.41, 5.74) is 7.49. The fourth-order valence-electron chi connectivity index (χ4n) is 1.93. The molecular weight excluding hydrogens is 240 g/mol. The summed E-state index contributed by atoms with van der Waals surface area (Å²) in [7, 11) is 0. The monoisotopic (exact) mass is 258 g/mol. The third-order valence-corrected chi connectivity index (χ3v) is 2.94. The number of aryl methyl sites for hydroxylation is 1. The van der Waals surface area contributed by atoms with E-state index in [0.29, 0.717) is 12.8 Å². The van der Waals surface area contributed by atoms with Gasteiger partial charge in [-0.25, -0.2) is 0 Å². The predicted molar refractivity (Wildman–Crippen MR) is 74.4 cm³/mol. The van der Waals surface area contributed by atoms with Crippen molar-refractivity contribution in [3.8, 4) is 0 Å². The molecule has 0 saturated carbocycles. The minimum Gasteiger partial charge on any atom is -0.467 e. The molecule has 1 aromatic carbocycles. The molecule has 1 amide bonds. The SMILES string of the molecule is CC(NC(=O)CCc1cccc(N)c1)c1ccco1. The van der Waals surface area contributed by atoms with Crippen LogP contribution in [0.15, 0.2) is 47.1 Å². The Bertz CT molecular complexity index is 535. The average molecular weight is 258 g/mol. The predicted octanol–water partition coefficient (Wildman–Crippen LogP) is 2.67. The van der Waals surface area contributed by atoms with Crippen LogP contribution < -0.4 is 11.1 Å². The summed E-state index contributed by atoms with van der Waals surface area (Å²) in [4.78, 5) is 11.8. The van der Waals surface area contributed by atoms with Crippen molar-refractivity contribution in [3.05, 3.63) is 54.0 Å². The first-order chi connectivity index (χ1) is 9.15. The molecule has 4 heteroatoms. The first kappa shape index (κ1) is 13.2. The largest absolute Gasteiger partial charge is 0.467 e. The molecule has 19 heavy (non-hydrogen) atoms. The fraction of sp³-hybridized carbons (Fsp3) is 0.267. The number of hydrogen-bond acceptors (Lipinski definition) is 3. The maximum absolute atomic E-state index is 11.8. The van der Waals surface area contributed by atoms with Gasteiger partial charge in [-0.05, 0) is 43.2 Å². The van der Waals surface area contributed by atoms with Gasteiger partial charge in [0.25, 0.3) is 0 Å². The number of hydrogen-bond donors (Lipinski definition) is 2. The van der Waals surface area contributed by atoms with Crippen LogP contribution in [0, 0.1) is 0 Å². The Kier molecular flexibility index (Phi) is 4.23. The molecule has 1 unspecified atom stereocenters. The van der Waals surface area contributed by atoms with Crippen LogP contribution in [0.4, 0.5) is 5.69 Å². The van der Waals surface area contributed by atoms with E-state index in [0.717, 1.165) is 17.0 Å². The zero-order valence-electron chi connectivity index (χ0n) is 10.9. The quantitative estimate of drug-likeness (QED) is 0.810. The molecule has 0 radical (unpaired) electrons. The molecule has 1 atom stereocenters. The fourth-order valence-corrected chi connectivity index (χ4v) is 1.93. The molecule has 2 rings (SSSR count). The molecule has 0 fully saturated rings. The number of nitrogens with two attached hydrogens (primary N) is 1. The van der Waals surface area contributed by atoms with E-state index in [2.05, 4.69) is 5.32 Å². The molecule has 0 aliphatic heterocycles. The van der Waals surface area contributed by atoms with Crippen LogP contribution in [0.5, 0.6) is 0 Å². The van der Waals surface area contributed by atoms with Gasteiger partial charge >= 0.3 is 0 Å². The second kappa shape index (κ2) is 6.09. The van der Waals surface area contributed by atoms with Gasteiger partial charge in [0.2, 0.25) is 5.91 Å². The maximum Gasteiger partial charge on any atom is 0.220 e. The summed E-state index contributed by atoms with van der Waals surface area (Å²) in [6, 6.07) is 11.1. The highest BCUT2D eigenvalue weighted by molar-refractivity contribution is 5.76. The van der Waals surface area contributed by atoms with Gasteiger partial charge in [-0.1, -0.05) is 12.1 Å². The van der Waals surface area contributed by atoms with Gasteiger partial charge in [0.15, 0.2) is 0 Å². The molecule has 0 saturated heterocycles. The molecule has 1 heterocycles. The van der Waals surface area contributed by atoms with Crippen LogP contribution in [0.2, 0.25) is 0 Å². The zero-order chi connectivity index (χ0) is 13.7. The number of anilines is 1. The van der Waals surface area contributed by atoms with E-state index >= 15 is 0 Å². The lowest BCUT2D eigenvalue weighted by Crippen LogP contribution is -2.26. The van der Waals surface area contributed by atoms with E-state index in [1.165, 1.54) is 0 Å². The van der Waals surface area contributed by atoms with E-state index in [9.17, 15) is 4.79 Å². The summed E-state index contributed by atoms with van der Waals surface area (Å²) in [6.07, 6.45) is 2.72. The number of benzene rings is 1. The Balaban J connectivity index is 1.82. The molecule has 1 aromatic heterocycles. The number of nitrogens with one attached hydrogen (secondary N) is 1. The van der Waals surface area contributed by atoms with Gasteiger partial charge < -0.3 is 15.5 Å². The molecule has 0 spiro atoms. The lowest BCUT2D eigenvalue weighted by atomic mass is 10.1. The molecule has 4 nitrogen and oxygen atoms in total. The normalized spacial score (nSPS) is 12.1. The van der Waals surface area contributed by atoms with Crippen molar-refractivity contribution in [3.63, 3.8) is 0 Å². The highest BCUT2D eigenvalue weighted by Crippen LogP contribution is 2.13. The van der Waals surface area contributed by atoms with Gasteiger partial charge in [0, 0.05) is 12.1 Å². The first-order valence-corrected chi connectivity index (χ1v) is 6.32. The number of furan rings is 1. The molecule has 100 valence electrons. The molecule has 0 aliphatic rings. The Labute approximate surface area is 112 Å². The van der Waals surface area contributed by atoms with Crippen LogP contribution >= 0.6 is 0 Å². The van der Waals surface area contributed by atoms with Crippen molar-refractivity contribution in [2.24, 2.45) is 0 Å². The second-order valence-corrected chi connectivity index (χ2v) is 4.55. The molecule has 0 aliphatic carbocycles. The van der Waals surface area contributed by atoms with Crippen molar-refractivity contribution < 1.29 is 9.21 Å². The standard InChI is InChI=1S/C15H18N2O2/c1-11(14-6-3-9-19-14)17-15(18)8-7-12-4-2-5-13(16)10-12/h2-6,9-11H,7-8,16H2,1H3,(H,17,18). The van der Waals surface area contributed by atoms with Crippen LogP contribution in [-0.2, 0) is 11.2 Å². The Hall–Kier alpha value is -2.23. The first-order valence-electron chi connectivity index (χ1n) is 6.32. The van der Waals surface area contributed by atoms with Gasteiger partial charge in [-0.15, -0.1) is 0 Å². The van der Waals surface area contributed by atoms with Gasteiger partial charge in [-0.2, -0.15) is 0 Å². The van der Waals surface area contributed by atoms with Crippen molar-refractivity contribution in [1.29, 1.82) is 0 Å². The second-order valence-electron chi connectivity index (χ2n) is 4.55. The van der Waals surface area contributed by atoms with E-state index in [1.807, 2.05) is 43.3 Å². The van der Waals surface area contributed by atoms with E-state index in [-0.39, 0.29) is 11.9 Å². The highest BCUT2D eigenvalue weighted by atomic mass is 16.3. The minimum absolute atomic E-state index is 0.00586. The van der Waals surface area contributed by atoms with Crippen molar-refractivity contribution in [2.45, 2.75) is 25.8 Å². The number of carbonyl (C=O) groups excluding carboxylic acids is 1. The average Bonchev–Trinajstić information content (AvgIpc) is 2.90. The summed E-state index contributed by atoms with van der Waals surface area (Å²) in [6.45, 7) is 1.90. The van der Waals surface area contributed by atoms with Gasteiger partial charge in [0.05, 0.1) is 12.3 Å². The van der Waals surface area contributed by atoms with Crippen LogP contribution in [0.1, 0.15) is 30.7 Å². The van der Waals surface area contributed by atoms with Crippen molar-refractivity contribution in [1.82, 2.24) is 5.32 Å². The third kappa shape index (κ3) is 3.88. The van der Waals surface area contributed by atoms with Crippen molar-refractivity contribution >= 4 is 11.6 Å².